The van der Waals surface area contributed by atoms with Gasteiger partial charge in [0.2, 0.25) is 5.91 Å². The summed E-state index contributed by atoms with van der Waals surface area (Å²) in [5.41, 5.74) is 0.512. The molecule has 0 fully saturated rings. The Morgan fingerprint density at radius 1 is 1.14 bits per heavy atom. The Kier molecular flexibility index (Phi) is 8.04. The first kappa shape index (κ1) is 18.0. The fourth-order valence-electron chi connectivity index (χ4n) is 1.88. The maximum Gasteiger partial charge on any atom is 0.251 e. The fourth-order valence-corrected chi connectivity index (χ4v) is 1.88. The zero-order valence-electron chi connectivity index (χ0n) is 13.6. The van der Waals surface area contributed by atoms with Gasteiger partial charge < -0.3 is 15.4 Å². The first-order valence-electron chi connectivity index (χ1n) is 7.83. The lowest BCUT2D eigenvalue weighted by molar-refractivity contribution is -0.120. The second kappa shape index (κ2) is 9.82. The molecule has 1 aromatic rings. The molecule has 2 N–H and O–H groups in total. The molecule has 0 aromatic heterocycles. The van der Waals surface area contributed by atoms with Gasteiger partial charge in [0.1, 0.15) is 5.75 Å². The molecule has 5 nitrogen and oxygen atoms in total. The van der Waals surface area contributed by atoms with Gasteiger partial charge in [0, 0.05) is 11.6 Å². The predicted octanol–water partition coefficient (Wildman–Crippen LogP) is 2.51. The minimum atomic E-state index is -0.267. The Morgan fingerprint density at radius 3 is 2.41 bits per heavy atom. The van der Waals surface area contributed by atoms with Crippen molar-refractivity contribution in [2.24, 2.45) is 0 Å². The summed E-state index contributed by atoms with van der Waals surface area (Å²) >= 11 is 0. The van der Waals surface area contributed by atoms with E-state index in [1.165, 1.54) is 0 Å². The largest absolute Gasteiger partial charge is 0.494 e. The van der Waals surface area contributed by atoms with E-state index in [1.807, 2.05) is 13.8 Å². The van der Waals surface area contributed by atoms with Crippen LogP contribution in [-0.2, 0) is 4.79 Å². The Balaban J connectivity index is 2.38. The average Bonchev–Trinajstić information content (AvgIpc) is 2.49. The van der Waals surface area contributed by atoms with Crippen LogP contribution in [-0.4, -0.2) is 31.0 Å². The van der Waals surface area contributed by atoms with Crippen LogP contribution < -0.4 is 15.4 Å². The van der Waals surface area contributed by atoms with Gasteiger partial charge in [-0.1, -0.05) is 19.8 Å². The van der Waals surface area contributed by atoms with Gasteiger partial charge in [-0.3, -0.25) is 9.59 Å². The third-order valence-electron chi connectivity index (χ3n) is 2.99. The molecule has 22 heavy (non-hydrogen) atoms. The van der Waals surface area contributed by atoms with E-state index < -0.39 is 0 Å². The smallest absolute Gasteiger partial charge is 0.251 e. The van der Waals surface area contributed by atoms with Crippen LogP contribution in [0.2, 0.25) is 0 Å². The van der Waals surface area contributed by atoms with Crippen molar-refractivity contribution >= 4 is 11.8 Å². The van der Waals surface area contributed by atoms with Crippen molar-refractivity contribution in [3.8, 4) is 5.75 Å². The number of amides is 2. The molecule has 0 heterocycles. The predicted molar refractivity (Wildman–Crippen MR) is 87.1 cm³/mol. The molecule has 0 spiro atoms. The Bertz CT molecular complexity index is 469. The van der Waals surface area contributed by atoms with Gasteiger partial charge >= 0.3 is 0 Å². The standard InChI is InChI=1S/C17H26N2O3/c1-4-5-6-11-22-15-9-7-14(8-10-15)17(21)18-12-16(20)19-13(2)3/h7-10,13H,4-6,11-12H2,1-3H3,(H,18,21)(H,19,20). The summed E-state index contributed by atoms with van der Waals surface area (Å²) < 4.78 is 5.59. The molecule has 1 aromatic carbocycles. The number of hydrogen-bond donors (Lipinski definition) is 2. The zero-order valence-corrected chi connectivity index (χ0v) is 13.6. The molecule has 0 aliphatic heterocycles. The number of carbonyl (C=O) groups is 2. The van der Waals surface area contributed by atoms with E-state index in [0.29, 0.717) is 12.2 Å². The van der Waals surface area contributed by atoms with Crippen LogP contribution in [0.1, 0.15) is 50.4 Å². The molecule has 0 bridgehead atoms. The minimum absolute atomic E-state index is 0.0215. The van der Waals surface area contributed by atoms with Crippen LogP contribution in [0.25, 0.3) is 0 Å². The van der Waals surface area contributed by atoms with Crippen molar-refractivity contribution < 1.29 is 14.3 Å². The van der Waals surface area contributed by atoms with Crippen LogP contribution >= 0.6 is 0 Å². The van der Waals surface area contributed by atoms with Crippen molar-refractivity contribution in [3.63, 3.8) is 0 Å². The third-order valence-corrected chi connectivity index (χ3v) is 2.99. The van der Waals surface area contributed by atoms with Gasteiger partial charge in [0.15, 0.2) is 0 Å². The summed E-state index contributed by atoms with van der Waals surface area (Å²) in [7, 11) is 0. The van der Waals surface area contributed by atoms with Gasteiger partial charge in [-0.05, 0) is 44.5 Å². The van der Waals surface area contributed by atoms with E-state index in [4.69, 9.17) is 4.74 Å². The lowest BCUT2D eigenvalue weighted by Gasteiger charge is -2.10. The molecule has 0 aliphatic carbocycles. The molecule has 122 valence electrons. The highest BCUT2D eigenvalue weighted by Crippen LogP contribution is 2.12. The van der Waals surface area contributed by atoms with E-state index in [9.17, 15) is 9.59 Å². The summed E-state index contributed by atoms with van der Waals surface area (Å²) in [6, 6.07) is 7.01. The van der Waals surface area contributed by atoms with Crippen molar-refractivity contribution in [2.75, 3.05) is 13.2 Å². The molecule has 0 radical (unpaired) electrons. The minimum Gasteiger partial charge on any atom is -0.494 e. The first-order chi connectivity index (χ1) is 10.5. The molecule has 0 aliphatic rings. The number of ether oxygens (including phenoxy) is 1. The highest BCUT2D eigenvalue weighted by atomic mass is 16.5. The second-order valence-electron chi connectivity index (χ2n) is 5.48. The second-order valence-corrected chi connectivity index (χ2v) is 5.48. The summed E-state index contributed by atoms with van der Waals surface area (Å²) in [5.74, 6) is 0.292. The summed E-state index contributed by atoms with van der Waals surface area (Å²) in [4.78, 5) is 23.4. The molecule has 1 rings (SSSR count). The highest BCUT2D eigenvalue weighted by Gasteiger charge is 2.08. The van der Waals surface area contributed by atoms with Gasteiger partial charge in [0.25, 0.3) is 5.91 Å². The Morgan fingerprint density at radius 2 is 1.82 bits per heavy atom. The van der Waals surface area contributed by atoms with E-state index in [-0.39, 0.29) is 24.4 Å². The molecule has 2 amide bonds. The summed E-state index contributed by atoms with van der Waals surface area (Å²) in [6.07, 6.45) is 3.34. The summed E-state index contributed by atoms with van der Waals surface area (Å²) in [5, 5.41) is 5.31. The number of benzene rings is 1. The topological polar surface area (TPSA) is 67.4 Å². The molecular formula is C17H26N2O3. The van der Waals surface area contributed by atoms with E-state index >= 15 is 0 Å². The van der Waals surface area contributed by atoms with E-state index in [2.05, 4.69) is 17.6 Å². The molecule has 0 unspecified atom stereocenters. The Hall–Kier alpha value is -2.04. The molecule has 0 atom stereocenters. The highest BCUT2D eigenvalue weighted by molar-refractivity contribution is 5.96. The number of rotatable bonds is 9. The van der Waals surface area contributed by atoms with Crippen LogP contribution in [0, 0.1) is 0 Å². The average molecular weight is 306 g/mol. The van der Waals surface area contributed by atoms with Crippen LogP contribution in [0.15, 0.2) is 24.3 Å². The quantitative estimate of drug-likeness (QED) is 0.689. The van der Waals surface area contributed by atoms with Crippen LogP contribution in [0.5, 0.6) is 5.75 Å². The number of unbranched alkanes of at least 4 members (excludes halogenated alkanes) is 2. The van der Waals surface area contributed by atoms with Crippen molar-refractivity contribution in [3.05, 3.63) is 29.8 Å². The molecule has 5 heteroatoms. The van der Waals surface area contributed by atoms with Gasteiger partial charge in [-0.15, -0.1) is 0 Å². The van der Waals surface area contributed by atoms with Crippen molar-refractivity contribution in [2.45, 2.75) is 46.1 Å². The maximum absolute atomic E-state index is 11.9. The van der Waals surface area contributed by atoms with E-state index in [0.717, 1.165) is 25.0 Å². The SMILES string of the molecule is CCCCCOc1ccc(C(=O)NCC(=O)NC(C)C)cc1. The molecular weight excluding hydrogens is 280 g/mol. The van der Waals surface area contributed by atoms with Crippen LogP contribution in [0.4, 0.5) is 0 Å². The third kappa shape index (κ3) is 7.11. The fraction of sp³-hybridized carbons (Fsp3) is 0.529. The lowest BCUT2D eigenvalue weighted by atomic mass is 10.2. The first-order valence-corrected chi connectivity index (χ1v) is 7.83. The zero-order chi connectivity index (χ0) is 16.4. The van der Waals surface area contributed by atoms with Gasteiger partial charge in [0.05, 0.1) is 13.2 Å². The molecule has 0 saturated heterocycles. The maximum atomic E-state index is 11.9. The lowest BCUT2D eigenvalue weighted by Crippen LogP contribution is -2.39. The van der Waals surface area contributed by atoms with Crippen LogP contribution in [0.3, 0.4) is 0 Å². The normalized spacial score (nSPS) is 10.4. The van der Waals surface area contributed by atoms with Crippen molar-refractivity contribution in [1.29, 1.82) is 0 Å². The van der Waals surface area contributed by atoms with E-state index in [1.54, 1.807) is 24.3 Å². The van der Waals surface area contributed by atoms with Gasteiger partial charge in [-0.25, -0.2) is 0 Å². The summed E-state index contributed by atoms with van der Waals surface area (Å²) in [6.45, 7) is 6.56. The monoisotopic (exact) mass is 306 g/mol. The number of nitrogens with one attached hydrogen (secondary N) is 2. The number of carbonyl (C=O) groups excluding carboxylic acids is 2. The number of hydrogen-bond acceptors (Lipinski definition) is 3. The molecule has 0 saturated carbocycles. The Labute approximate surface area is 132 Å². The van der Waals surface area contributed by atoms with Gasteiger partial charge in [-0.2, -0.15) is 0 Å². The van der Waals surface area contributed by atoms with Crippen molar-refractivity contribution in [1.82, 2.24) is 10.6 Å².